The maximum atomic E-state index is 14.4. The highest BCUT2D eigenvalue weighted by Crippen LogP contribution is 2.25. The van der Waals surface area contributed by atoms with Crippen LogP contribution >= 0.6 is 0 Å². The van der Waals surface area contributed by atoms with Crippen LogP contribution in [0.1, 0.15) is 42.0 Å². The maximum absolute atomic E-state index is 14.4. The Kier molecular flexibility index (Phi) is 7.90. The first-order chi connectivity index (χ1) is 17.4. The number of fused-ring (bicyclic) bond motifs is 1. The van der Waals surface area contributed by atoms with Crippen molar-refractivity contribution in [3.05, 3.63) is 112 Å². The lowest BCUT2D eigenvalue weighted by molar-refractivity contribution is 0.305. The normalized spacial score (nSPS) is 10.8. The van der Waals surface area contributed by atoms with Crippen LogP contribution in [0.15, 0.2) is 60.7 Å². The minimum Gasteiger partial charge on any atom is -0.493 e. The first kappa shape index (κ1) is 25.2. The molecule has 0 saturated carbocycles. The molecule has 0 aliphatic carbocycles. The third-order valence-electron chi connectivity index (χ3n) is 5.82. The Morgan fingerprint density at radius 1 is 0.694 bits per heavy atom. The van der Waals surface area contributed by atoms with Crippen molar-refractivity contribution in [2.45, 2.75) is 32.6 Å². The molecule has 36 heavy (non-hydrogen) atoms. The molecule has 184 valence electrons. The molecule has 0 radical (unpaired) electrons. The van der Waals surface area contributed by atoms with Crippen molar-refractivity contribution >= 4 is 10.8 Å². The van der Waals surface area contributed by atoms with Gasteiger partial charge in [-0.15, -0.1) is 0 Å². The summed E-state index contributed by atoms with van der Waals surface area (Å²) in [6.07, 6.45) is 2.38. The van der Waals surface area contributed by atoms with Crippen molar-refractivity contribution in [2.24, 2.45) is 0 Å². The van der Waals surface area contributed by atoms with Gasteiger partial charge in [0.25, 0.3) is 0 Å². The number of ether oxygens (including phenoxy) is 1. The summed E-state index contributed by atoms with van der Waals surface area (Å²) in [5.41, 5.74) is 2.12. The molecule has 0 atom stereocenters. The van der Waals surface area contributed by atoms with E-state index in [2.05, 4.69) is 11.8 Å². The van der Waals surface area contributed by atoms with E-state index in [1.165, 1.54) is 30.3 Å². The average Bonchev–Trinajstić information content (AvgIpc) is 2.86. The second-order valence-corrected chi connectivity index (χ2v) is 8.44. The van der Waals surface area contributed by atoms with Crippen LogP contribution in [0.5, 0.6) is 5.75 Å². The zero-order chi connectivity index (χ0) is 25.7. The summed E-state index contributed by atoms with van der Waals surface area (Å²) in [4.78, 5) is 0. The SMILES string of the molecule is CCCCOc1cc(F)c(CCc2ccc(C#Cc3ccc4c(F)c(F)c(F)cc4c3)cc2)c(F)c1. The first-order valence-corrected chi connectivity index (χ1v) is 11.6. The molecule has 0 heterocycles. The maximum Gasteiger partial charge on any atom is 0.195 e. The van der Waals surface area contributed by atoms with Crippen LogP contribution in [0.4, 0.5) is 22.0 Å². The molecule has 4 rings (SSSR count). The summed E-state index contributed by atoms with van der Waals surface area (Å²) in [6, 6.07) is 15.0. The number of rotatable bonds is 7. The number of benzene rings is 4. The Balaban J connectivity index is 1.42. The molecule has 6 heteroatoms. The van der Waals surface area contributed by atoms with Gasteiger partial charge in [-0.2, -0.15) is 0 Å². The van der Waals surface area contributed by atoms with Crippen LogP contribution in [0.2, 0.25) is 0 Å². The molecule has 0 unspecified atom stereocenters. The summed E-state index contributed by atoms with van der Waals surface area (Å²) in [7, 11) is 0. The van der Waals surface area contributed by atoms with Gasteiger partial charge in [-0.25, -0.2) is 22.0 Å². The second kappa shape index (κ2) is 11.3. The van der Waals surface area contributed by atoms with E-state index in [4.69, 9.17) is 4.74 Å². The Bertz CT molecular complexity index is 1430. The topological polar surface area (TPSA) is 9.23 Å². The summed E-state index contributed by atoms with van der Waals surface area (Å²) in [5, 5.41) is 0.198. The molecule has 0 aliphatic rings. The van der Waals surface area contributed by atoms with Crippen LogP contribution in [0, 0.1) is 40.9 Å². The molecule has 4 aromatic rings. The summed E-state index contributed by atoms with van der Waals surface area (Å²) in [6.45, 7) is 2.43. The quantitative estimate of drug-likeness (QED) is 0.110. The molecule has 0 aliphatic heterocycles. The van der Waals surface area contributed by atoms with Gasteiger partial charge in [0.15, 0.2) is 17.5 Å². The minimum absolute atomic E-state index is 0.0182. The Labute approximate surface area is 206 Å². The minimum atomic E-state index is -1.50. The second-order valence-electron chi connectivity index (χ2n) is 8.44. The highest BCUT2D eigenvalue weighted by molar-refractivity contribution is 5.84. The molecular formula is C30H23F5O. The summed E-state index contributed by atoms with van der Waals surface area (Å²) < 4.78 is 75.0. The average molecular weight is 495 g/mol. The smallest absolute Gasteiger partial charge is 0.195 e. The molecule has 0 spiro atoms. The lowest BCUT2D eigenvalue weighted by Crippen LogP contribution is -2.02. The predicted molar refractivity (Wildman–Crippen MR) is 130 cm³/mol. The lowest BCUT2D eigenvalue weighted by atomic mass is 10.0. The van der Waals surface area contributed by atoms with E-state index in [0.717, 1.165) is 24.5 Å². The van der Waals surface area contributed by atoms with Crippen molar-refractivity contribution in [2.75, 3.05) is 6.61 Å². The molecular weight excluding hydrogens is 471 g/mol. The summed E-state index contributed by atoms with van der Waals surface area (Å²) >= 11 is 0. The fourth-order valence-corrected chi connectivity index (χ4v) is 3.79. The van der Waals surface area contributed by atoms with Gasteiger partial charge < -0.3 is 4.74 Å². The van der Waals surface area contributed by atoms with Crippen LogP contribution in [-0.4, -0.2) is 6.61 Å². The molecule has 0 N–H and O–H groups in total. The predicted octanol–water partition coefficient (Wildman–Crippen LogP) is 7.90. The zero-order valence-corrected chi connectivity index (χ0v) is 19.6. The third kappa shape index (κ3) is 5.85. The molecule has 0 amide bonds. The molecule has 0 saturated heterocycles. The van der Waals surface area contributed by atoms with E-state index in [1.807, 2.05) is 19.1 Å². The number of aryl methyl sites for hydroxylation is 1. The molecule has 4 aromatic carbocycles. The van der Waals surface area contributed by atoms with Gasteiger partial charge in [0, 0.05) is 34.2 Å². The van der Waals surface area contributed by atoms with Crippen molar-refractivity contribution < 1.29 is 26.7 Å². The van der Waals surface area contributed by atoms with Crippen molar-refractivity contribution in [1.82, 2.24) is 0 Å². The molecule has 1 nitrogen and oxygen atoms in total. The van der Waals surface area contributed by atoms with Gasteiger partial charge in [0.2, 0.25) is 0 Å². The van der Waals surface area contributed by atoms with Crippen LogP contribution in [-0.2, 0) is 12.8 Å². The Morgan fingerprint density at radius 3 is 2.06 bits per heavy atom. The van der Waals surface area contributed by atoms with Gasteiger partial charge in [-0.3, -0.25) is 0 Å². The molecule has 0 aromatic heterocycles. The van der Waals surface area contributed by atoms with Gasteiger partial charge >= 0.3 is 0 Å². The third-order valence-corrected chi connectivity index (χ3v) is 5.82. The van der Waals surface area contributed by atoms with Gasteiger partial charge in [0.05, 0.1) is 6.61 Å². The van der Waals surface area contributed by atoms with Crippen molar-refractivity contribution in [1.29, 1.82) is 0 Å². The Hall–Kier alpha value is -3.85. The van der Waals surface area contributed by atoms with Crippen LogP contribution in [0.25, 0.3) is 10.8 Å². The van der Waals surface area contributed by atoms with Gasteiger partial charge in [0.1, 0.15) is 17.4 Å². The zero-order valence-electron chi connectivity index (χ0n) is 19.6. The number of halogens is 5. The first-order valence-electron chi connectivity index (χ1n) is 11.6. The van der Waals surface area contributed by atoms with E-state index in [-0.39, 0.29) is 28.5 Å². The van der Waals surface area contributed by atoms with Crippen molar-refractivity contribution in [3.63, 3.8) is 0 Å². The number of unbranched alkanes of at least 4 members (excludes halogenated alkanes) is 1. The molecule has 0 bridgehead atoms. The van der Waals surface area contributed by atoms with Gasteiger partial charge in [-0.1, -0.05) is 43.4 Å². The molecule has 0 fully saturated rings. The lowest BCUT2D eigenvalue weighted by Gasteiger charge is -2.10. The largest absolute Gasteiger partial charge is 0.493 e. The van der Waals surface area contributed by atoms with E-state index >= 15 is 0 Å². The highest BCUT2D eigenvalue weighted by atomic mass is 19.2. The van der Waals surface area contributed by atoms with E-state index in [9.17, 15) is 22.0 Å². The van der Waals surface area contributed by atoms with E-state index < -0.39 is 29.1 Å². The van der Waals surface area contributed by atoms with Crippen molar-refractivity contribution in [3.8, 4) is 17.6 Å². The standard InChI is InChI=1S/C30H23F5O/c1-2-3-14-36-23-17-26(31)25(27(32)18-23)13-10-20-6-4-19(5-7-20)8-9-21-11-12-24-22(15-21)16-28(33)30(35)29(24)34/h4-7,11-12,15-18H,2-3,10,13-14H2,1H3. The van der Waals surface area contributed by atoms with E-state index in [1.54, 1.807) is 12.1 Å². The highest BCUT2D eigenvalue weighted by Gasteiger charge is 2.14. The number of hydrogen-bond acceptors (Lipinski definition) is 1. The van der Waals surface area contributed by atoms with Crippen LogP contribution in [0.3, 0.4) is 0 Å². The Morgan fingerprint density at radius 2 is 1.36 bits per heavy atom. The van der Waals surface area contributed by atoms with Crippen LogP contribution < -0.4 is 4.74 Å². The van der Waals surface area contributed by atoms with Gasteiger partial charge in [-0.05, 0) is 60.5 Å². The fourth-order valence-electron chi connectivity index (χ4n) is 3.79. The number of hydrogen-bond donors (Lipinski definition) is 0. The monoisotopic (exact) mass is 494 g/mol. The van der Waals surface area contributed by atoms with E-state index in [0.29, 0.717) is 24.2 Å². The fraction of sp³-hybridized carbons (Fsp3) is 0.200. The summed E-state index contributed by atoms with van der Waals surface area (Å²) in [5.74, 6) is 0.858.